The fraction of sp³-hybridized carbons (Fsp3) is 0.500. The van der Waals surface area contributed by atoms with Gasteiger partial charge >= 0.3 is 0 Å². The van der Waals surface area contributed by atoms with Gasteiger partial charge in [-0.05, 0) is 37.0 Å². The summed E-state index contributed by atoms with van der Waals surface area (Å²) in [6.45, 7) is 7.91. The van der Waals surface area contributed by atoms with Crippen molar-refractivity contribution in [3.8, 4) is 11.5 Å². The van der Waals surface area contributed by atoms with Gasteiger partial charge in [-0.1, -0.05) is 18.2 Å². The maximum atomic E-state index is 12.4. The number of nitrogens with one attached hydrogen (secondary N) is 1. The number of likely N-dealkylation sites (tertiary alicyclic amines) is 1. The van der Waals surface area contributed by atoms with E-state index < -0.39 is 11.0 Å². The smallest absolute Gasteiger partial charge is 0.166 e. The van der Waals surface area contributed by atoms with Gasteiger partial charge in [0, 0.05) is 31.1 Å². The van der Waals surface area contributed by atoms with E-state index in [-0.39, 0.29) is 12.1 Å². The van der Waals surface area contributed by atoms with Crippen molar-refractivity contribution >= 4 is 0 Å². The number of aromatic nitrogens is 2. The van der Waals surface area contributed by atoms with Crippen LogP contribution in [0.3, 0.4) is 0 Å². The van der Waals surface area contributed by atoms with E-state index in [2.05, 4.69) is 34.7 Å². The van der Waals surface area contributed by atoms with E-state index in [1.54, 1.807) is 7.11 Å². The molecule has 1 aromatic carbocycles. The average molecular weight is 379 g/mol. The zero-order valence-corrected chi connectivity index (χ0v) is 16.3. The molecule has 1 aromatic heterocycles. The van der Waals surface area contributed by atoms with Crippen molar-refractivity contribution < 1.29 is 14.6 Å². The Morgan fingerprint density at radius 1 is 1.46 bits per heavy atom. The summed E-state index contributed by atoms with van der Waals surface area (Å²) in [5.41, 5.74) is 4.23. The van der Waals surface area contributed by atoms with Gasteiger partial charge < -0.3 is 14.6 Å². The molecule has 0 radical (unpaired) electrons. The number of ether oxygens (including phenoxy) is 2. The maximum absolute atomic E-state index is 12.4. The minimum Gasteiger partial charge on any atom is -0.493 e. The van der Waals surface area contributed by atoms with Crippen molar-refractivity contribution in [2.24, 2.45) is 0 Å². The number of methoxy groups -OCH3 is 1. The Labute approximate surface area is 164 Å². The molecule has 2 N–H and O–H groups in total. The number of piperidine rings is 1. The van der Waals surface area contributed by atoms with Crippen LogP contribution >= 0.6 is 0 Å². The van der Waals surface area contributed by atoms with E-state index in [1.165, 1.54) is 5.56 Å². The molecule has 28 heavy (non-hydrogen) atoms. The van der Waals surface area contributed by atoms with Gasteiger partial charge in [0.2, 0.25) is 0 Å². The first-order valence-electron chi connectivity index (χ1n) is 9.99. The monoisotopic (exact) mass is 379 g/mol. The number of hydrogen-bond acceptors (Lipinski definition) is 5. The first kappa shape index (κ1) is 16.6. The van der Waals surface area contributed by atoms with Gasteiger partial charge in [0.1, 0.15) is 0 Å². The third kappa shape index (κ3) is 1.70. The fourth-order valence-corrected chi connectivity index (χ4v) is 6.48. The van der Waals surface area contributed by atoms with E-state index >= 15 is 0 Å². The maximum Gasteiger partial charge on any atom is 0.166 e. The highest BCUT2D eigenvalue weighted by molar-refractivity contribution is 5.64. The molecule has 2 aliphatic heterocycles. The van der Waals surface area contributed by atoms with Gasteiger partial charge in [-0.15, -0.1) is 0 Å². The van der Waals surface area contributed by atoms with Crippen LogP contribution in [0.5, 0.6) is 11.5 Å². The minimum atomic E-state index is -0.910. The summed E-state index contributed by atoms with van der Waals surface area (Å²) in [7, 11) is 1.68. The van der Waals surface area contributed by atoms with Crippen LogP contribution in [-0.2, 0) is 18.3 Å². The highest BCUT2D eigenvalue weighted by Gasteiger charge is 2.72. The Morgan fingerprint density at radius 2 is 2.32 bits per heavy atom. The van der Waals surface area contributed by atoms with Crippen molar-refractivity contribution in [1.82, 2.24) is 15.1 Å². The number of rotatable bonds is 3. The van der Waals surface area contributed by atoms with Crippen LogP contribution in [0.2, 0.25) is 0 Å². The normalized spacial score (nSPS) is 34.4. The average Bonchev–Trinajstić information content (AvgIpc) is 3.24. The molecule has 2 aliphatic carbocycles. The molecule has 4 atom stereocenters. The molecule has 1 fully saturated rings. The third-order valence-electron chi connectivity index (χ3n) is 7.47. The number of hydrogen-bond donors (Lipinski definition) is 2. The molecule has 2 aromatic rings. The second-order valence-electron chi connectivity index (χ2n) is 8.91. The van der Waals surface area contributed by atoms with Crippen molar-refractivity contribution in [2.45, 2.75) is 49.3 Å². The van der Waals surface area contributed by atoms with Gasteiger partial charge in [0.25, 0.3) is 0 Å². The summed E-state index contributed by atoms with van der Waals surface area (Å²) in [5, 5.41) is 19.8. The number of H-pyrrole nitrogens is 1. The van der Waals surface area contributed by atoms with E-state index in [4.69, 9.17) is 9.47 Å². The summed E-state index contributed by atoms with van der Waals surface area (Å²) >= 11 is 0. The van der Waals surface area contributed by atoms with Crippen molar-refractivity contribution in [3.63, 3.8) is 0 Å². The molecule has 6 heteroatoms. The van der Waals surface area contributed by atoms with Crippen molar-refractivity contribution in [3.05, 3.63) is 52.9 Å². The van der Waals surface area contributed by atoms with Gasteiger partial charge in [0.05, 0.1) is 30.0 Å². The van der Waals surface area contributed by atoms with Gasteiger partial charge in [-0.3, -0.25) is 10.00 Å². The summed E-state index contributed by atoms with van der Waals surface area (Å²) < 4.78 is 12.2. The predicted molar refractivity (Wildman–Crippen MR) is 104 cm³/mol. The van der Waals surface area contributed by atoms with Gasteiger partial charge in [-0.2, -0.15) is 5.10 Å². The van der Waals surface area contributed by atoms with E-state index in [9.17, 15) is 5.11 Å². The fourth-order valence-electron chi connectivity index (χ4n) is 6.48. The molecule has 2 bridgehead atoms. The Balaban J connectivity index is 1.64. The molecule has 1 spiro atoms. The third-order valence-corrected chi connectivity index (χ3v) is 7.47. The lowest BCUT2D eigenvalue weighted by atomic mass is 9.49. The number of aliphatic hydroxyl groups is 1. The molecule has 1 saturated heterocycles. The summed E-state index contributed by atoms with van der Waals surface area (Å²) in [6.07, 6.45) is 3.82. The topological polar surface area (TPSA) is 70.6 Å². The number of fused-ring (bicyclic) bond motifs is 2. The SMILES string of the molecule is C=C(C)CN1CC[C@]23c4c5ccc(OC)c4OC2c2[nH]ncc2C[C@@]3(O)C1C5. The Bertz CT molecular complexity index is 1010. The zero-order chi connectivity index (χ0) is 19.3. The molecule has 2 unspecified atom stereocenters. The van der Waals surface area contributed by atoms with Crippen LogP contribution < -0.4 is 9.47 Å². The molecule has 146 valence electrons. The molecule has 3 heterocycles. The number of benzene rings is 1. The zero-order valence-electron chi connectivity index (χ0n) is 16.3. The molecule has 6 nitrogen and oxygen atoms in total. The highest BCUT2D eigenvalue weighted by Crippen LogP contribution is 2.68. The standard InChI is InChI=1S/C22H25N3O3/c1-12(2)11-25-7-6-21-17-13-4-5-15(27-3)19(17)28-20(21)18-14(10-23-24-18)9-22(21,26)16(25)8-13/h4-5,10,16,20,26H,1,6-9,11H2,2-3H3,(H,23,24)/t16?,20?,21-,22+/m0/s1. The van der Waals surface area contributed by atoms with Crippen LogP contribution in [0.25, 0.3) is 0 Å². The lowest BCUT2D eigenvalue weighted by molar-refractivity contribution is -0.171. The largest absolute Gasteiger partial charge is 0.493 e. The predicted octanol–water partition coefficient (Wildman–Crippen LogP) is 2.28. The second-order valence-corrected chi connectivity index (χ2v) is 8.91. The van der Waals surface area contributed by atoms with Gasteiger partial charge in [0.15, 0.2) is 17.6 Å². The Hall–Kier alpha value is -2.31. The Morgan fingerprint density at radius 3 is 3.11 bits per heavy atom. The Kier molecular flexibility index (Phi) is 3.08. The summed E-state index contributed by atoms with van der Waals surface area (Å²) in [5.74, 6) is 1.55. The van der Waals surface area contributed by atoms with E-state index in [0.29, 0.717) is 6.42 Å². The molecule has 0 amide bonds. The molecule has 0 saturated carbocycles. The van der Waals surface area contributed by atoms with Crippen LogP contribution in [0, 0.1) is 0 Å². The first-order valence-corrected chi connectivity index (χ1v) is 9.99. The minimum absolute atomic E-state index is 0.0268. The molecular weight excluding hydrogens is 354 g/mol. The lowest BCUT2D eigenvalue weighted by Crippen LogP contribution is -2.74. The van der Waals surface area contributed by atoms with Crippen molar-refractivity contribution in [1.29, 1.82) is 0 Å². The van der Waals surface area contributed by atoms with E-state index in [1.807, 2.05) is 12.3 Å². The van der Waals surface area contributed by atoms with Crippen LogP contribution in [-0.4, -0.2) is 52.0 Å². The molecule has 6 rings (SSSR count). The van der Waals surface area contributed by atoms with Crippen LogP contribution in [0.1, 0.15) is 41.8 Å². The van der Waals surface area contributed by atoms with Crippen molar-refractivity contribution in [2.75, 3.05) is 20.2 Å². The quantitative estimate of drug-likeness (QED) is 0.801. The molecular formula is C22H25N3O3. The second kappa shape index (κ2) is 5.19. The van der Waals surface area contributed by atoms with E-state index in [0.717, 1.165) is 59.8 Å². The van der Waals surface area contributed by atoms with Crippen LogP contribution in [0.4, 0.5) is 0 Å². The molecule has 4 aliphatic rings. The lowest BCUT2D eigenvalue weighted by Gasteiger charge is -2.62. The summed E-state index contributed by atoms with van der Waals surface area (Å²) in [4.78, 5) is 2.42. The number of aromatic amines is 1. The highest BCUT2D eigenvalue weighted by atomic mass is 16.5. The first-order chi connectivity index (χ1) is 13.5. The summed E-state index contributed by atoms with van der Waals surface area (Å²) in [6, 6.07) is 4.18. The van der Waals surface area contributed by atoms with Gasteiger partial charge in [-0.25, -0.2) is 0 Å². The van der Waals surface area contributed by atoms with Crippen LogP contribution in [0.15, 0.2) is 30.5 Å². The number of nitrogens with zero attached hydrogens (tertiary/aromatic N) is 2.